The molecular weight excluding hydrogens is 288 g/mol. The zero-order valence-electron chi connectivity index (χ0n) is 13.2. The largest absolute Gasteiger partial charge is 0.361 e. The zero-order valence-corrected chi connectivity index (χ0v) is 13.2. The van der Waals surface area contributed by atoms with Crippen molar-refractivity contribution in [2.24, 2.45) is 0 Å². The van der Waals surface area contributed by atoms with Crippen molar-refractivity contribution < 1.29 is 4.52 Å². The third kappa shape index (κ3) is 2.80. The second-order valence-corrected chi connectivity index (χ2v) is 6.13. The van der Waals surface area contributed by atoms with E-state index in [1.165, 1.54) is 17.5 Å². The summed E-state index contributed by atoms with van der Waals surface area (Å²) in [5.74, 6) is 0.875. The molecule has 0 saturated carbocycles. The molecule has 3 aromatic rings. The van der Waals surface area contributed by atoms with Crippen LogP contribution in [-0.4, -0.2) is 26.8 Å². The van der Waals surface area contributed by atoms with Gasteiger partial charge in [-0.15, -0.1) is 0 Å². The Bertz CT molecular complexity index is 777. The van der Waals surface area contributed by atoms with E-state index in [1.807, 2.05) is 19.2 Å². The van der Waals surface area contributed by atoms with E-state index in [-0.39, 0.29) is 0 Å². The van der Waals surface area contributed by atoms with Gasteiger partial charge in [-0.25, -0.2) is 0 Å². The van der Waals surface area contributed by atoms with Gasteiger partial charge >= 0.3 is 0 Å². The first kappa shape index (κ1) is 14.2. The molecule has 1 atom stereocenters. The minimum absolute atomic E-state index is 0.339. The summed E-state index contributed by atoms with van der Waals surface area (Å²) in [6.45, 7) is 3.90. The van der Waals surface area contributed by atoms with Crippen LogP contribution < -0.4 is 0 Å². The highest BCUT2D eigenvalue weighted by atomic mass is 16.5. The van der Waals surface area contributed by atoms with Crippen molar-refractivity contribution in [1.82, 2.24) is 20.3 Å². The summed E-state index contributed by atoms with van der Waals surface area (Å²) in [5.41, 5.74) is 4.55. The van der Waals surface area contributed by atoms with Crippen molar-refractivity contribution in [3.05, 3.63) is 59.6 Å². The van der Waals surface area contributed by atoms with E-state index in [0.29, 0.717) is 6.04 Å². The number of H-pyrrole nitrogens is 1. The lowest BCUT2D eigenvalue weighted by Gasteiger charge is -2.22. The Labute approximate surface area is 135 Å². The Hall–Kier alpha value is -2.40. The summed E-state index contributed by atoms with van der Waals surface area (Å²) >= 11 is 0. The van der Waals surface area contributed by atoms with Gasteiger partial charge in [-0.05, 0) is 31.9 Å². The fourth-order valence-corrected chi connectivity index (χ4v) is 3.40. The molecule has 0 amide bonds. The first-order chi connectivity index (χ1) is 11.3. The second-order valence-electron chi connectivity index (χ2n) is 6.13. The molecule has 1 fully saturated rings. The molecule has 2 aromatic heterocycles. The van der Waals surface area contributed by atoms with Gasteiger partial charge in [0.15, 0.2) is 0 Å². The van der Waals surface area contributed by atoms with Gasteiger partial charge in [0, 0.05) is 18.2 Å². The van der Waals surface area contributed by atoms with E-state index < -0.39 is 0 Å². The maximum atomic E-state index is 5.26. The molecule has 0 unspecified atom stereocenters. The average molecular weight is 308 g/mol. The van der Waals surface area contributed by atoms with Crippen LogP contribution in [0.5, 0.6) is 0 Å². The SMILES string of the molecule is Cc1cc([C@H]2CCCN2Cc2cn[nH]c2-c2ccccc2)no1. The lowest BCUT2D eigenvalue weighted by atomic mass is 10.1. The second kappa shape index (κ2) is 6.01. The summed E-state index contributed by atoms with van der Waals surface area (Å²) in [7, 11) is 0. The van der Waals surface area contributed by atoms with Crippen LogP contribution in [0.2, 0.25) is 0 Å². The van der Waals surface area contributed by atoms with Crippen molar-refractivity contribution in [3.8, 4) is 11.3 Å². The van der Waals surface area contributed by atoms with Gasteiger partial charge in [0.05, 0.1) is 17.9 Å². The van der Waals surface area contributed by atoms with E-state index in [1.54, 1.807) is 0 Å². The van der Waals surface area contributed by atoms with Crippen LogP contribution in [0.1, 0.15) is 35.9 Å². The fraction of sp³-hybridized carbons (Fsp3) is 0.333. The van der Waals surface area contributed by atoms with Gasteiger partial charge in [0.2, 0.25) is 0 Å². The van der Waals surface area contributed by atoms with Crippen LogP contribution in [0.25, 0.3) is 11.3 Å². The minimum Gasteiger partial charge on any atom is -0.361 e. The minimum atomic E-state index is 0.339. The van der Waals surface area contributed by atoms with Crippen LogP contribution in [0.15, 0.2) is 47.1 Å². The van der Waals surface area contributed by atoms with Gasteiger partial charge in [0.1, 0.15) is 11.5 Å². The molecule has 1 N–H and O–H groups in total. The fourth-order valence-electron chi connectivity index (χ4n) is 3.40. The molecule has 1 aliphatic heterocycles. The van der Waals surface area contributed by atoms with Crippen molar-refractivity contribution in [2.75, 3.05) is 6.54 Å². The third-order valence-corrected chi connectivity index (χ3v) is 4.51. The molecule has 0 bridgehead atoms. The van der Waals surface area contributed by atoms with Gasteiger partial charge in [-0.1, -0.05) is 35.5 Å². The number of likely N-dealkylation sites (tertiary alicyclic amines) is 1. The normalized spacial score (nSPS) is 18.6. The average Bonchev–Trinajstić information content (AvgIpc) is 3.29. The Balaban J connectivity index is 1.58. The number of aromatic amines is 1. The highest BCUT2D eigenvalue weighted by Crippen LogP contribution is 2.34. The van der Waals surface area contributed by atoms with E-state index in [2.05, 4.69) is 50.6 Å². The molecule has 5 nitrogen and oxygen atoms in total. The smallest absolute Gasteiger partial charge is 0.133 e. The molecule has 1 aliphatic rings. The summed E-state index contributed by atoms with van der Waals surface area (Å²) in [5, 5.41) is 11.6. The van der Waals surface area contributed by atoms with Gasteiger partial charge < -0.3 is 4.52 Å². The number of nitrogens with one attached hydrogen (secondary N) is 1. The third-order valence-electron chi connectivity index (χ3n) is 4.51. The molecular formula is C18H20N4O. The Kier molecular flexibility index (Phi) is 3.71. The van der Waals surface area contributed by atoms with Crippen molar-refractivity contribution in [1.29, 1.82) is 0 Å². The number of nitrogens with zero attached hydrogens (tertiary/aromatic N) is 3. The lowest BCUT2D eigenvalue weighted by Crippen LogP contribution is -2.23. The molecule has 0 spiro atoms. The van der Waals surface area contributed by atoms with E-state index in [0.717, 1.165) is 36.7 Å². The monoisotopic (exact) mass is 308 g/mol. The molecule has 0 radical (unpaired) electrons. The molecule has 1 aromatic carbocycles. The van der Waals surface area contributed by atoms with Gasteiger partial charge in [-0.2, -0.15) is 5.10 Å². The molecule has 3 heterocycles. The number of aromatic nitrogens is 3. The first-order valence-electron chi connectivity index (χ1n) is 8.06. The maximum Gasteiger partial charge on any atom is 0.133 e. The van der Waals surface area contributed by atoms with Crippen molar-refractivity contribution >= 4 is 0 Å². The van der Waals surface area contributed by atoms with Crippen LogP contribution >= 0.6 is 0 Å². The maximum absolute atomic E-state index is 5.26. The Morgan fingerprint density at radius 3 is 2.96 bits per heavy atom. The number of hydrogen-bond acceptors (Lipinski definition) is 4. The van der Waals surface area contributed by atoms with E-state index >= 15 is 0 Å². The molecule has 0 aliphatic carbocycles. The van der Waals surface area contributed by atoms with Gasteiger partial charge in [-0.3, -0.25) is 10.00 Å². The highest BCUT2D eigenvalue weighted by molar-refractivity contribution is 5.62. The predicted octanol–water partition coefficient (Wildman–Crippen LogP) is 3.71. The summed E-state index contributed by atoms with van der Waals surface area (Å²) < 4.78 is 5.26. The molecule has 1 saturated heterocycles. The Morgan fingerprint density at radius 1 is 1.30 bits per heavy atom. The summed E-state index contributed by atoms with van der Waals surface area (Å²) in [6, 6.07) is 12.7. The first-order valence-corrected chi connectivity index (χ1v) is 8.06. The molecule has 23 heavy (non-hydrogen) atoms. The summed E-state index contributed by atoms with van der Waals surface area (Å²) in [4.78, 5) is 2.47. The number of hydrogen-bond donors (Lipinski definition) is 1. The van der Waals surface area contributed by atoms with Crippen LogP contribution in [0, 0.1) is 6.92 Å². The topological polar surface area (TPSA) is 58.0 Å². The molecule has 118 valence electrons. The van der Waals surface area contributed by atoms with Crippen molar-refractivity contribution in [2.45, 2.75) is 32.4 Å². The zero-order chi connectivity index (χ0) is 15.6. The predicted molar refractivity (Wildman–Crippen MR) is 87.6 cm³/mol. The van der Waals surface area contributed by atoms with Gasteiger partial charge in [0.25, 0.3) is 0 Å². The molecule has 5 heteroatoms. The number of aryl methyl sites for hydroxylation is 1. The number of rotatable bonds is 4. The quantitative estimate of drug-likeness (QED) is 0.798. The van der Waals surface area contributed by atoms with E-state index in [9.17, 15) is 0 Å². The summed E-state index contributed by atoms with van der Waals surface area (Å²) in [6.07, 6.45) is 4.26. The van der Waals surface area contributed by atoms with Crippen LogP contribution in [0.3, 0.4) is 0 Å². The standard InChI is InChI=1S/C18H20N4O/c1-13-10-16(21-23-13)17-8-5-9-22(17)12-15-11-19-20-18(15)14-6-3-2-4-7-14/h2-4,6-7,10-11,17H,5,8-9,12H2,1H3,(H,19,20)/t17-/m1/s1. The van der Waals surface area contributed by atoms with Crippen LogP contribution in [0.4, 0.5) is 0 Å². The Morgan fingerprint density at radius 2 is 2.17 bits per heavy atom. The molecule has 4 rings (SSSR count). The van der Waals surface area contributed by atoms with Crippen LogP contribution in [-0.2, 0) is 6.54 Å². The lowest BCUT2D eigenvalue weighted by molar-refractivity contribution is 0.237. The highest BCUT2D eigenvalue weighted by Gasteiger charge is 2.29. The van der Waals surface area contributed by atoms with Crippen molar-refractivity contribution in [3.63, 3.8) is 0 Å². The number of benzene rings is 1. The van der Waals surface area contributed by atoms with E-state index in [4.69, 9.17) is 4.52 Å².